The molecule has 1 N–H and O–H groups in total. The Bertz CT molecular complexity index is 1580. The van der Waals surface area contributed by atoms with Crippen molar-refractivity contribution in [3.05, 3.63) is 114 Å². The van der Waals surface area contributed by atoms with E-state index in [-0.39, 0.29) is 31.6 Å². The first-order chi connectivity index (χ1) is 17.7. The van der Waals surface area contributed by atoms with Crippen molar-refractivity contribution in [3.8, 4) is 32.8 Å². The van der Waals surface area contributed by atoms with Gasteiger partial charge < -0.3 is 10.1 Å². The number of ketones is 1. The van der Waals surface area contributed by atoms with Crippen molar-refractivity contribution in [2.24, 2.45) is 0 Å². The first-order valence-electron chi connectivity index (χ1n) is 12.1. The Morgan fingerprint density at radius 1 is 0.921 bits per heavy atom. The van der Waals surface area contributed by atoms with E-state index in [2.05, 4.69) is 87.5 Å². The number of hydrogen-bond acceptors (Lipinski definition) is 4. The van der Waals surface area contributed by atoms with Crippen molar-refractivity contribution in [3.63, 3.8) is 0 Å². The minimum atomic E-state index is -0.125. The molecule has 2 heterocycles. The van der Waals surface area contributed by atoms with Gasteiger partial charge in [0.1, 0.15) is 0 Å². The van der Waals surface area contributed by atoms with Crippen LogP contribution in [0.4, 0.5) is 0 Å². The van der Waals surface area contributed by atoms with Crippen molar-refractivity contribution in [2.75, 3.05) is 0 Å². The summed E-state index contributed by atoms with van der Waals surface area (Å²) in [5.74, 6) is -0.0625. The Morgan fingerprint density at radius 2 is 1.61 bits per heavy atom. The van der Waals surface area contributed by atoms with E-state index in [0.717, 1.165) is 11.3 Å². The van der Waals surface area contributed by atoms with Crippen LogP contribution in [0, 0.1) is 26.8 Å². The van der Waals surface area contributed by atoms with E-state index >= 15 is 0 Å². The van der Waals surface area contributed by atoms with Crippen LogP contribution in [0.3, 0.4) is 0 Å². The Hall–Kier alpha value is -3.37. The first-order valence-corrected chi connectivity index (χ1v) is 13.0. The largest absolute Gasteiger partial charge is 0.512 e. The Balaban J connectivity index is 0.000000444. The summed E-state index contributed by atoms with van der Waals surface area (Å²) in [4.78, 5) is 16.1. The molecule has 0 fully saturated rings. The van der Waals surface area contributed by atoms with Gasteiger partial charge in [-0.3, -0.25) is 4.79 Å². The number of aromatic nitrogens is 1. The molecule has 195 valence electrons. The van der Waals surface area contributed by atoms with E-state index in [1.807, 2.05) is 29.7 Å². The number of rotatable bonds is 4. The van der Waals surface area contributed by atoms with Crippen molar-refractivity contribution in [1.82, 2.24) is 4.98 Å². The summed E-state index contributed by atoms with van der Waals surface area (Å²) in [5, 5.41) is 9.60. The van der Waals surface area contributed by atoms with E-state index in [1.54, 1.807) is 0 Å². The number of nitrogens with zero attached hydrogens (tertiary/aromatic N) is 1. The maximum atomic E-state index is 10.0. The molecule has 5 rings (SSSR count). The number of aliphatic hydroxyl groups is 1. The number of hydrogen-bond donors (Lipinski definition) is 1. The fraction of sp³-hybridized carbons (Fsp3) is 0.152. The van der Waals surface area contributed by atoms with E-state index in [9.17, 15) is 4.79 Å². The number of carbonyl (C=O) groups excluding carboxylic acids is 1. The minimum Gasteiger partial charge on any atom is -0.512 e. The van der Waals surface area contributed by atoms with Gasteiger partial charge in [0.05, 0.1) is 10.5 Å². The SMILES string of the molecule is CC(=O)/C=C(/C)O.Cc1cc(C)c(-c2cc3cc(-c4[c-]ccc(-c5ccccc5)c4)ncc3s2)c(C)c1.[Ir]. The number of aryl methyl sites for hydroxylation is 3. The number of pyridine rings is 1. The van der Waals surface area contributed by atoms with Gasteiger partial charge in [-0.05, 0) is 74.0 Å². The van der Waals surface area contributed by atoms with Crippen LogP contribution in [-0.4, -0.2) is 15.9 Å². The second-order valence-corrected chi connectivity index (χ2v) is 10.3. The molecular weight excluding hydrogens is 667 g/mol. The van der Waals surface area contributed by atoms with Gasteiger partial charge in [0.2, 0.25) is 0 Å². The molecule has 0 atom stereocenters. The molecule has 5 aromatic rings. The number of fused-ring (bicyclic) bond motifs is 1. The molecule has 0 aliphatic carbocycles. The average Bonchev–Trinajstić information content (AvgIpc) is 3.26. The van der Waals surface area contributed by atoms with Gasteiger partial charge in [-0.2, -0.15) is 0 Å². The predicted molar refractivity (Wildman–Crippen MR) is 156 cm³/mol. The zero-order valence-corrected chi connectivity index (χ0v) is 25.3. The molecular formula is C33H30IrNO2S-. The maximum Gasteiger partial charge on any atom is 0.155 e. The summed E-state index contributed by atoms with van der Waals surface area (Å²) in [6, 6.07) is 29.1. The first kappa shape index (κ1) is 29.2. The fourth-order valence-electron chi connectivity index (χ4n) is 4.50. The van der Waals surface area contributed by atoms with Gasteiger partial charge in [0.25, 0.3) is 0 Å². The molecule has 5 heteroatoms. The monoisotopic (exact) mass is 697 g/mol. The van der Waals surface area contributed by atoms with Crippen molar-refractivity contribution < 1.29 is 30.0 Å². The number of thiophene rings is 1. The van der Waals surface area contributed by atoms with Gasteiger partial charge in [0, 0.05) is 37.3 Å². The number of carbonyl (C=O) groups is 1. The summed E-state index contributed by atoms with van der Waals surface area (Å²) in [5.41, 5.74) is 9.69. The van der Waals surface area contributed by atoms with Crippen molar-refractivity contribution in [2.45, 2.75) is 34.6 Å². The third-order valence-corrected chi connectivity index (χ3v) is 7.03. The summed E-state index contributed by atoms with van der Waals surface area (Å²) >= 11 is 1.82. The van der Waals surface area contributed by atoms with Crippen LogP contribution in [-0.2, 0) is 24.9 Å². The van der Waals surface area contributed by atoms with Crippen LogP contribution in [0.5, 0.6) is 0 Å². The second kappa shape index (κ2) is 12.9. The van der Waals surface area contributed by atoms with Gasteiger partial charge in [-0.25, -0.2) is 0 Å². The molecule has 0 saturated carbocycles. The van der Waals surface area contributed by atoms with Crippen LogP contribution in [0.1, 0.15) is 30.5 Å². The molecule has 0 aliphatic heterocycles. The van der Waals surface area contributed by atoms with Crippen LogP contribution in [0.15, 0.2) is 90.8 Å². The van der Waals surface area contributed by atoms with Gasteiger partial charge in [-0.1, -0.05) is 54.1 Å². The molecule has 38 heavy (non-hydrogen) atoms. The number of allylic oxidation sites excluding steroid dienone is 2. The molecule has 0 bridgehead atoms. The van der Waals surface area contributed by atoms with E-state index in [1.165, 1.54) is 68.3 Å². The summed E-state index contributed by atoms with van der Waals surface area (Å²) < 4.78 is 1.22. The Kier molecular flexibility index (Phi) is 9.93. The summed E-state index contributed by atoms with van der Waals surface area (Å²) in [6.45, 7) is 9.41. The van der Waals surface area contributed by atoms with Gasteiger partial charge in [0.15, 0.2) is 5.78 Å². The van der Waals surface area contributed by atoms with Gasteiger partial charge in [-0.15, -0.1) is 46.7 Å². The predicted octanol–water partition coefficient (Wildman–Crippen LogP) is 9.06. The summed E-state index contributed by atoms with van der Waals surface area (Å²) in [6.07, 6.45) is 3.17. The van der Waals surface area contributed by atoms with Crippen LogP contribution in [0.2, 0.25) is 0 Å². The number of benzene rings is 3. The average molecular weight is 697 g/mol. The molecule has 1 radical (unpaired) electrons. The molecule has 0 unspecified atom stereocenters. The zero-order chi connectivity index (χ0) is 26.5. The number of aliphatic hydroxyl groups excluding tert-OH is 1. The minimum absolute atomic E-state index is 0. The van der Waals surface area contributed by atoms with Crippen molar-refractivity contribution >= 4 is 27.2 Å². The smallest absolute Gasteiger partial charge is 0.155 e. The van der Waals surface area contributed by atoms with E-state index < -0.39 is 0 Å². The van der Waals surface area contributed by atoms with Gasteiger partial charge >= 0.3 is 0 Å². The normalized spacial score (nSPS) is 10.9. The third-order valence-electron chi connectivity index (χ3n) is 5.92. The molecule has 0 saturated heterocycles. The molecule has 3 nitrogen and oxygen atoms in total. The topological polar surface area (TPSA) is 50.2 Å². The fourth-order valence-corrected chi connectivity index (χ4v) is 5.69. The molecule has 2 aromatic heterocycles. The standard InChI is InChI=1S/C28H22NS.C5H8O2.Ir/c1-18-12-19(2)28(20(3)13-18)26-16-24-15-25(29-17-27(24)30-26)23-11-7-10-22(14-23)21-8-5-4-6-9-21;1-4(6)3-5(2)7;/h4-10,12-17H,1-3H3;3,6H,1-2H3;/q-1;;/b;4-3-;. The van der Waals surface area contributed by atoms with Crippen molar-refractivity contribution in [1.29, 1.82) is 0 Å². The van der Waals surface area contributed by atoms with Crippen LogP contribution < -0.4 is 0 Å². The second-order valence-electron chi connectivity index (χ2n) is 9.25. The molecule has 3 aromatic carbocycles. The Morgan fingerprint density at radius 3 is 2.21 bits per heavy atom. The van der Waals surface area contributed by atoms with E-state index in [0.29, 0.717) is 0 Å². The van der Waals surface area contributed by atoms with E-state index in [4.69, 9.17) is 10.1 Å². The Labute approximate surface area is 242 Å². The maximum absolute atomic E-state index is 10.0. The third kappa shape index (κ3) is 7.14. The van der Waals surface area contributed by atoms with Crippen LogP contribution >= 0.6 is 11.3 Å². The summed E-state index contributed by atoms with van der Waals surface area (Å²) in [7, 11) is 0. The molecule has 0 aliphatic rings. The quantitative estimate of drug-likeness (QED) is 0.116. The van der Waals surface area contributed by atoms with Crippen LogP contribution in [0.25, 0.3) is 42.9 Å². The molecule has 0 spiro atoms. The zero-order valence-electron chi connectivity index (χ0n) is 22.1. The molecule has 0 amide bonds.